The molecule has 0 aliphatic carbocycles. The summed E-state index contributed by atoms with van der Waals surface area (Å²) in [5.41, 5.74) is 1.12. The number of ether oxygens (including phenoxy) is 1. The fourth-order valence-corrected chi connectivity index (χ4v) is 1.90. The lowest BCUT2D eigenvalue weighted by molar-refractivity contribution is -0.143. The molecule has 0 saturated carbocycles. The third-order valence-corrected chi connectivity index (χ3v) is 3.47. The summed E-state index contributed by atoms with van der Waals surface area (Å²) >= 11 is 0. The van der Waals surface area contributed by atoms with Crippen molar-refractivity contribution >= 4 is 11.9 Å². The molecule has 2 N–H and O–H groups in total. The third kappa shape index (κ3) is 5.45. The van der Waals surface area contributed by atoms with Crippen LogP contribution >= 0.6 is 0 Å². The van der Waals surface area contributed by atoms with Gasteiger partial charge >= 0.3 is 5.97 Å². The Hall–Kier alpha value is -2.04. The minimum Gasteiger partial charge on any atom is -0.484 e. The second-order valence-electron chi connectivity index (χ2n) is 5.06. The van der Waals surface area contributed by atoms with Crippen molar-refractivity contribution in [2.75, 3.05) is 6.61 Å². The van der Waals surface area contributed by atoms with Crippen LogP contribution in [0.5, 0.6) is 5.75 Å². The van der Waals surface area contributed by atoms with E-state index in [4.69, 9.17) is 9.84 Å². The Kier molecular flexibility index (Phi) is 6.72. The molecule has 5 heteroatoms. The van der Waals surface area contributed by atoms with Gasteiger partial charge in [0.1, 0.15) is 11.8 Å². The number of aryl methyl sites for hydroxylation is 1. The van der Waals surface area contributed by atoms with Crippen LogP contribution in [0.2, 0.25) is 0 Å². The lowest BCUT2D eigenvalue weighted by atomic mass is 9.99. The molecule has 0 aliphatic rings. The van der Waals surface area contributed by atoms with Gasteiger partial charge in [-0.2, -0.15) is 0 Å². The first-order valence-corrected chi connectivity index (χ1v) is 7.21. The van der Waals surface area contributed by atoms with Crippen LogP contribution in [0.15, 0.2) is 24.3 Å². The molecule has 0 bridgehead atoms. The second-order valence-corrected chi connectivity index (χ2v) is 5.06. The highest BCUT2D eigenvalue weighted by Crippen LogP contribution is 2.13. The average molecular weight is 293 g/mol. The summed E-state index contributed by atoms with van der Waals surface area (Å²) < 4.78 is 5.40. The molecule has 1 rings (SSSR count). The maximum absolute atomic E-state index is 11.8. The van der Waals surface area contributed by atoms with E-state index < -0.39 is 17.9 Å². The van der Waals surface area contributed by atoms with E-state index in [0.717, 1.165) is 12.0 Å². The molecule has 1 aromatic rings. The van der Waals surface area contributed by atoms with Gasteiger partial charge in [0.25, 0.3) is 5.91 Å². The molecule has 0 radical (unpaired) electrons. The lowest BCUT2D eigenvalue weighted by Gasteiger charge is -2.20. The van der Waals surface area contributed by atoms with Crippen LogP contribution in [0.3, 0.4) is 0 Å². The number of hydrogen-bond donors (Lipinski definition) is 2. The summed E-state index contributed by atoms with van der Waals surface area (Å²) in [4.78, 5) is 22.9. The molecule has 2 atom stereocenters. The van der Waals surface area contributed by atoms with E-state index in [2.05, 4.69) is 5.32 Å². The number of hydrogen-bond acceptors (Lipinski definition) is 3. The van der Waals surface area contributed by atoms with E-state index in [1.165, 1.54) is 0 Å². The van der Waals surface area contributed by atoms with E-state index in [1.807, 2.05) is 32.0 Å². The van der Waals surface area contributed by atoms with E-state index in [-0.39, 0.29) is 12.5 Å². The molecule has 116 valence electrons. The van der Waals surface area contributed by atoms with Crippen molar-refractivity contribution in [3.63, 3.8) is 0 Å². The molecule has 0 spiro atoms. The number of carbonyl (C=O) groups excluding carboxylic acids is 1. The maximum atomic E-state index is 11.8. The maximum Gasteiger partial charge on any atom is 0.326 e. The van der Waals surface area contributed by atoms with Crippen LogP contribution in [0, 0.1) is 5.92 Å². The highest BCUT2D eigenvalue weighted by Gasteiger charge is 2.25. The fraction of sp³-hybridized carbons (Fsp3) is 0.500. The molecule has 0 fully saturated rings. The van der Waals surface area contributed by atoms with Crippen molar-refractivity contribution in [3.05, 3.63) is 29.8 Å². The van der Waals surface area contributed by atoms with Gasteiger partial charge in [0.05, 0.1) is 0 Å². The van der Waals surface area contributed by atoms with Crippen molar-refractivity contribution in [2.24, 2.45) is 5.92 Å². The van der Waals surface area contributed by atoms with E-state index >= 15 is 0 Å². The van der Waals surface area contributed by atoms with Gasteiger partial charge in [-0.1, -0.05) is 39.3 Å². The van der Waals surface area contributed by atoms with Gasteiger partial charge in [-0.15, -0.1) is 0 Å². The van der Waals surface area contributed by atoms with Crippen molar-refractivity contribution in [1.29, 1.82) is 0 Å². The molecule has 0 saturated heterocycles. The Morgan fingerprint density at radius 1 is 1.33 bits per heavy atom. The summed E-state index contributed by atoms with van der Waals surface area (Å²) in [7, 11) is 0. The van der Waals surface area contributed by atoms with Crippen LogP contribution in [0.4, 0.5) is 0 Å². The molecular formula is C16H23NO4. The van der Waals surface area contributed by atoms with Gasteiger partial charge < -0.3 is 15.2 Å². The van der Waals surface area contributed by atoms with Crippen molar-refractivity contribution in [3.8, 4) is 5.75 Å². The summed E-state index contributed by atoms with van der Waals surface area (Å²) in [6.45, 7) is 5.53. The van der Waals surface area contributed by atoms with Gasteiger partial charge in [0.2, 0.25) is 0 Å². The monoisotopic (exact) mass is 293 g/mol. The van der Waals surface area contributed by atoms with E-state index in [0.29, 0.717) is 12.2 Å². The number of carboxylic acids is 1. The molecule has 0 aromatic heterocycles. The Balaban J connectivity index is 2.54. The predicted octanol–water partition coefficient (Wildman–Crippen LogP) is 2.24. The molecule has 1 aromatic carbocycles. The number of amides is 1. The summed E-state index contributed by atoms with van der Waals surface area (Å²) in [6.07, 6.45) is 1.56. The normalized spacial score (nSPS) is 13.3. The van der Waals surface area contributed by atoms with Crippen molar-refractivity contribution in [2.45, 2.75) is 39.7 Å². The first-order valence-electron chi connectivity index (χ1n) is 7.21. The van der Waals surface area contributed by atoms with Gasteiger partial charge in [-0.05, 0) is 30.0 Å². The minimum absolute atomic E-state index is 0.130. The van der Waals surface area contributed by atoms with Crippen LogP contribution < -0.4 is 10.1 Å². The predicted molar refractivity (Wildman–Crippen MR) is 80.3 cm³/mol. The van der Waals surface area contributed by atoms with Crippen LogP contribution in [0.1, 0.15) is 32.8 Å². The second kappa shape index (κ2) is 8.29. The topological polar surface area (TPSA) is 75.6 Å². The van der Waals surface area contributed by atoms with Gasteiger partial charge in [0, 0.05) is 0 Å². The smallest absolute Gasteiger partial charge is 0.326 e. The SMILES string of the molecule is CCc1cccc(OCC(=O)N[C@H](C(=O)O)C(C)CC)c1. The standard InChI is InChI=1S/C16H23NO4/c1-4-11(3)15(16(19)20)17-14(18)10-21-13-8-6-7-12(5-2)9-13/h6-9,11,15H,4-5,10H2,1-3H3,(H,17,18)(H,19,20)/t11?,15-/m0/s1. The minimum atomic E-state index is -1.02. The number of aliphatic carboxylic acids is 1. The molecule has 1 unspecified atom stereocenters. The van der Waals surface area contributed by atoms with E-state index in [1.54, 1.807) is 13.0 Å². The zero-order valence-corrected chi connectivity index (χ0v) is 12.8. The van der Waals surface area contributed by atoms with Gasteiger partial charge in [-0.25, -0.2) is 4.79 Å². The van der Waals surface area contributed by atoms with Gasteiger partial charge in [0.15, 0.2) is 6.61 Å². The van der Waals surface area contributed by atoms with Gasteiger partial charge in [-0.3, -0.25) is 4.79 Å². The molecule has 1 amide bonds. The third-order valence-electron chi connectivity index (χ3n) is 3.47. The Bertz CT molecular complexity index is 487. The zero-order chi connectivity index (χ0) is 15.8. The first kappa shape index (κ1) is 17.0. The van der Waals surface area contributed by atoms with Crippen LogP contribution in [-0.2, 0) is 16.0 Å². The van der Waals surface area contributed by atoms with Crippen LogP contribution in [-0.4, -0.2) is 29.6 Å². The zero-order valence-electron chi connectivity index (χ0n) is 12.8. The number of nitrogens with one attached hydrogen (secondary N) is 1. The first-order chi connectivity index (χ1) is 9.97. The highest BCUT2D eigenvalue weighted by molar-refractivity contribution is 5.84. The number of carbonyl (C=O) groups is 2. The molecule has 5 nitrogen and oxygen atoms in total. The lowest BCUT2D eigenvalue weighted by Crippen LogP contribution is -2.46. The highest BCUT2D eigenvalue weighted by atomic mass is 16.5. The Morgan fingerprint density at radius 2 is 2.05 bits per heavy atom. The molecule has 0 heterocycles. The van der Waals surface area contributed by atoms with E-state index in [9.17, 15) is 9.59 Å². The quantitative estimate of drug-likeness (QED) is 0.770. The number of carboxylic acid groups (broad SMARTS) is 1. The van der Waals surface area contributed by atoms with Crippen molar-refractivity contribution in [1.82, 2.24) is 5.32 Å². The van der Waals surface area contributed by atoms with Crippen molar-refractivity contribution < 1.29 is 19.4 Å². The van der Waals surface area contributed by atoms with Crippen LogP contribution in [0.25, 0.3) is 0 Å². The Labute approximate surface area is 125 Å². The summed E-state index contributed by atoms with van der Waals surface area (Å²) in [6, 6.07) is 6.61. The average Bonchev–Trinajstić information content (AvgIpc) is 2.49. The Morgan fingerprint density at radius 3 is 2.62 bits per heavy atom. The summed E-state index contributed by atoms with van der Waals surface area (Å²) in [5.74, 6) is -0.968. The number of benzene rings is 1. The fourth-order valence-electron chi connectivity index (χ4n) is 1.90. The number of rotatable bonds is 8. The molecule has 21 heavy (non-hydrogen) atoms. The summed E-state index contributed by atoms with van der Waals surface area (Å²) in [5, 5.41) is 11.6. The molecular weight excluding hydrogens is 270 g/mol. The largest absolute Gasteiger partial charge is 0.484 e. The molecule has 0 aliphatic heterocycles.